The summed E-state index contributed by atoms with van der Waals surface area (Å²) in [6.45, 7) is 2.55. The topological polar surface area (TPSA) is 162 Å². The van der Waals surface area contributed by atoms with Crippen LogP contribution in [0.2, 0.25) is 0 Å². The van der Waals surface area contributed by atoms with Crippen LogP contribution in [0.25, 0.3) is 0 Å². The Bertz CT molecular complexity index is 617. The summed E-state index contributed by atoms with van der Waals surface area (Å²) < 4.78 is 0. The fourth-order valence-electron chi connectivity index (χ4n) is 2.01. The molecule has 9 heteroatoms. The third-order valence-corrected chi connectivity index (χ3v) is 3.52. The van der Waals surface area contributed by atoms with Crippen LogP contribution >= 0.6 is 0 Å². The van der Waals surface area contributed by atoms with Crippen LogP contribution in [0.4, 0.5) is 0 Å². The van der Waals surface area contributed by atoms with Gasteiger partial charge in [-0.15, -0.1) is 0 Å². The first-order valence-corrected chi connectivity index (χ1v) is 7.67. The third-order valence-electron chi connectivity index (χ3n) is 3.52. The van der Waals surface area contributed by atoms with E-state index in [-0.39, 0.29) is 12.2 Å². The number of amides is 2. The number of carboxylic acid groups (broad SMARTS) is 1. The van der Waals surface area contributed by atoms with Gasteiger partial charge in [-0.2, -0.15) is 0 Å². The van der Waals surface area contributed by atoms with E-state index in [1.54, 1.807) is 12.1 Å². The van der Waals surface area contributed by atoms with Gasteiger partial charge < -0.3 is 31.7 Å². The van der Waals surface area contributed by atoms with Gasteiger partial charge >= 0.3 is 5.97 Å². The van der Waals surface area contributed by atoms with E-state index in [9.17, 15) is 24.6 Å². The highest BCUT2D eigenvalue weighted by Crippen LogP contribution is 2.11. The number of nitrogens with two attached hydrogens (primary N) is 1. The Hall–Kier alpha value is -2.65. The number of hydrogen-bond acceptors (Lipinski definition) is 6. The van der Waals surface area contributed by atoms with E-state index >= 15 is 0 Å². The molecule has 0 aliphatic carbocycles. The molecule has 2 amide bonds. The summed E-state index contributed by atoms with van der Waals surface area (Å²) in [4.78, 5) is 35.0. The molecular weight excluding hydrogens is 330 g/mol. The summed E-state index contributed by atoms with van der Waals surface area (Å²) in [6, 6.07) is 2.64. The molecule has 7 N–H and O–H groups in total. The first-order valence-electron chi connectivity index (χ1n) is 7.67. The second-order valence-corrected chi connectivity index (χ2v) is 5.77. The van der Waals surface area contributed by atoms with E-state index in [0.29, 0.717) is 5.56 Å². The van der Waals surface area contributed by atoms with E-state index in [4.69, 9.17) is 10.8 Å². The van der Waals surface area contributed by atoms with Gasteiger partial charge in [-0.25, -0.2) is 0 Å². The summed E-state index contributed by atoms with van der Waals surface area (Å²) in [5.41, 5.74) is 6.51. The molecule has 1 aromatic carbocycles. The molecule has 1 rings (SSSR count). The Balaban J connectivity index is 2.70. The van der Waals surface area contributed by atoms with E-state index in [0.717, 1.165) is 0 Å². The van der Waals surface area contributed by atoms with Gasteiger partial charge in [0.1, 0.15) is 17.8 Å². The highest BCUT2D eigenvalue weighted by molar-refractivity contribution is 5.92. The van der Waals surface area contributed by atoms with Crippen molar-refractivity contribution in [3.63, 3.8) is 0 Å². The average Bonchev–Trinajstić information content (AvgIpc) is 2.53. The van der Waals surface area contributed by atoms with Crippen molar-refractivity contribution < 1.29 is 29.7 Å². The van der Waals surface area contributed by atoms with Crippen LogP contribution in [-0.2, 0) is 20.8 Å². The number of nitrogens with one attached hydrogen (secondary N) is 2. The summed E-state index contributed by atoms with van der Waals surface area (Å²) in [7, 11) is 0. The van der Waals surface area contributed by atoms with E-state index in [1.165, 1.54) is 26.0 Å². The number of aliphatic carboxylic acids is 1. The first-order chi connectivity index (χ1) is 11.6. The Morgan fingerprint density at radius 1 is 1.08 bits per heavy atom. The lowest BCUT2D eigenvalue weighted by Crippen LogP contribution is -2.58. The molecular formula is C16H23N3O6. The number of rotatable bonds is 8. The van der Waals surface area contributed by atoms with Gasteiger partial charge in [0.05, 0.1) is 12.1 Å². The van der Waals surface area contributed by atoms with Crippen LogP contribution in [0.1, 0.15) is 19.4 Å². The number of phenolic OH excluding ortho intramolecular Hbond substituents is 1. The van der Waals surface area contributed by atoms with Crippen molar-refractivity contribution in [2.45, 2.75) is 44.5 Å². The zero-order valence-corrected chi connectivity index (χ0v) is 14.0. The van der Waals surface area contributed by atoms with E-state index in [2.05, 4.69) is 10.6 Å². The second kappa shape index (κ2) is 9.00. The maximum atomic E-state index is 12.2. The summed E-state index contributed by atoms with van der Waals surface area (Å²) in [6.07, 6.45) is -1.09. The van der Waals surface area contributed by atoms with Crippen molar-refractivity contribution in [2.24, 2.45) is 5.73 Å². The summed E-state index contributed by atoms with van der Waals surface area (Å²) in [5, 5.41) is 32.2. The lowest BCUT2D eigenvalue weighted by molar-refractivity contribution is -0.142. The van der Waals surface area contributed by atoms with Crippen LogP contribution in [0.3, 0.4) is 0 Å². The fraction of sp³-hybridized carbons (Fsp3) is 0.438. The zero-order chi connectivity index (χ0) is 19.1. The Labute approximate surface area is 144 Å². The number of phenols is 1. The minimum Gasteiger partial charge on any atom is -0.508 e. The molecule has 0 bridgehead atoms. The molecule has 4 atom stereocenters. The number of benzene rings is 1. The molecule has 0 saturated heterocycles. The highest BCUT2D eigenvalue weighted by atomic mass is 16.4. The molecule has 1 aromatic rings. The summed E-state index contributed by atoms with van der Waals surface area (Å²) >= 11 is 0. The monoisotopic (exact) mass is 353 g/mol. The van der Waals surface area contributed by atoms with Crippen LogP contribution in [-0.4, -0.2) is 57.3 Å². The molecule has 0 heterocycles. The molecule has 138 valence electrons. The number of carboxylic acids is 1. The standard InChI is InChI=1S/C16H23N3O6/c1-8(16(24)25)18-15(23)13(9(2)20)19-14(22)12(17)7-10-3-5-11(21)6-4-10/h3-6,8-9,12-13,20-21H,7,17H2,1-2H3,(H,18,23)(H,19,22)(H,24,25). The SMILES string of the molecule is CC(NC(=O)C(NC(=O)C(N)Cc1ccc(O)cc1)C(C)O)C(=O)O. The Kier molecular flexibility index (Phi) is 7.34. The number of hydrogen-bond donors (Lipinski definition) is 6. The van der Waals surface area contributed by atoms with Crippen LogP contribution in [0.15, 0.2) is 24.3 Å². The van der Waals surface area contributed by atoms with Crippen molar-refractivity contribution in [3.8, 4) is 5.75 Å². The Morgan fingerprint density at radius 2 is 1.64 bits per heavy atom. The third kappa shape index (κ3) is 6.40. The predicted octanol–water partition coefficient (Wildman–Crippen LogP) is -1.28. The molecule has 0 aromatic heterocycles. The number of carbonyl (C=O) groups is 3. The van der Waals surface area contributed by atoms with Gasteiger partial charge in [0, 0.05) is 0 Å². The Morgan fingerprint density at radius 3 is 2.12 bits per heavy atom. The highest BCUT2D eigenvalue weighted by Gasteiger charge is 2.29. The van der Waals surface area contributed by atoms with Gasteiger partial charge in [0.2, 0.25) is 11.8 Å². The van der Waals surface area contributed by atoms with E-state index < -0.39 is 42.0 Å². The smallest absolute Gasteiger partial charge is 0.325 e. The lowest BCUT2D eigenvalue weighted by atomic mass is 10.0. The van der Waals surface area contributed by atoms with Crippen LogP contribution < -0.4 is 16.4 Å². The van der Waals surface area contributed by atoms with Gasteiger partial charge in [-0.3, -0.25) is 14.4 Å². The minimum absolute atomic E-state index is 0.0835. The van der Waals surface area contributed by atoms with Gasteiger partial charge in [-0.1, -0.05) is 12.1 Å². The van der Waals surface area contributed by atoms with Crippen molar-refractivity contribution in [1.29, 1.82) is 0 Å². The molecule has 0 spiro atoms. The second-order valence-electron chi connectivity index (χ2n) is 5.77. The van der Waals surface area contributed by atoms with Gasteiger partial charge in [-0.05, 0) is 38.0 Å². The maximum Gasteiger partial charge on any atom is 0.325 e. The first kappa shape index (κ1) is 20.4. The number of aliphatic hydroxyl groups is 1. The molecule has 0 saturated carbocycles. The average molecular weight is 353 g/mol. The molecule has 4 unspecified atom stereocenters. The molecule has 25 heavy (non-hydrogen) atoms. The fourth-order valence-corrected chi connectivity index (χ4v) is 2.01. The molecule has 0 aliphatic rings. The quantitative estimate of drug-likeness (QED) is 0.339. The number of aliphatic hydroxyl groups excluding tert-OH is 1. The van der Waals surface area contributed by atoms with Gasteiger partial charge in [0.25, 0.3) is 0 Å². The van der Waals surface area contributed by atoms with Crippen LogP contribution in [0.5, 0.6) is 5.75 Å². The van der Waals surface area contributed by atoms with Crippen molar-refractivity contribution in [3.05, 3.63) is 29.8 Å². The van der Waals surface area contributed by atoms with Crippen molar-refractivity contribution >= 4 is 17.8 Å². The van der Waals surface area contributed by atoms with E-state index in [1.807, 2.05) is 0 Å². The number of aromatic hydroxyl groups is 1. The van der Waals surface area contributed by atoms with Crippen LogP contribution in [0, 0.1) is 0 Å². The predicted molar refractivity (Wildman–Crippen MR) is 88.6 cm³/mol. The van der Waals surface area contributed by atoms with Gasteiger partial charge in [0.15, 0.2) is 0 Å². The molecule has 0 fully saturated rings. The van der Waals surface area contributed by atoms with Crippen molar-refractivity contribution in [1.82, 2.24) is 10.6 Å². The molecule has 0 aliphatic heterocycles. The maximum absolute atomic E-state index is 12.2. The molecule has 0 radical (unpaired) electrons. The molecule has 9 nitrogen and oxygen atoms in total. The summed E-state index contributed by atoms with van der Waals surface area (Å²) in [5.74, 6) is -2.65. The largest absolute Gasteiger partial charge is 0.508 e. The lowest BCUT2D eigenvalue weighted by Gasteiger charge is -2.23. The normalized spacial score (nSPS) is 15.5. The minimum atomic E-state index is -1.33. The van der Waals surface area contributed by atoms with Crippen molar-refractivity contribution in [2.75, 3.05) is 0 Å². The number of carbonyl (C=O) groups excluding carboxylic acids is 2. The zero-order valence-electron chi connectivity index (χ0n) is 14.0.